The molecule has 1 unspecified atom stereocenters. The number of benzene rings is 2. The zero-order valence-electron chi connectivity index (χ0n) is 11.2. The summed E-state index contributed by atoms with van der Waals surface area (Å²) in [5.74, 6) is -1.36. The maximum atomic E-state index is 11.4. The van der Waals surface area contributed by atoms with Gasteiger partial charge in [0, 0.05) is 17.1 Å². The number of carboxylic acid groups (broad SMARTS) is 1. The molecule has 20 heavy (non-hydrogen) atoms. The third kappa shape index (κ3) is 3.54. The van der Waals surface area contributed by atoms with Crippen molar-refractivity contribution in [3.8, 4) is 0 Å². The van der Waals surface area contributed by atoms with Gasteiger partial charge in [0.05, 0.1) is 5.92 Å². The van der Waals surface area contributed by atoms with Gasteiger partial charge in [0.1, 0.15) is 0 Å². The molecule has 0 amide bonds. The second kappa shape index (κ2) is 7.01. The van der Waals surface area contributed by atoms with Crippen LogP contribution in [-0.4, -0.2) is 23.9 Å². The first-order chi connectivity index (χ1) is 9.72. The number of nitrogens with one attached hydrogen (secondary N) is 1. The minimum absolute atomic E-state index is 0.372. The molecule has 0 aromatic heterocycles. The lowest BCUT2D eigenvalue weighted by Gasteiger charge is -2.16. The van der Waals surface area contributed by atoms with Gasteiger partial charge in [-0.05, 0) is 24.0 Å². The zero-order valence-corrected chi connectivity index (χ0v) is 12.1. The van der Waals surface area contributed by atoms with Crippen molar-refractivity contribution in [1.29, 1.82) is 0 Å². The Kier molecular flexibility index (Phi) is 5.07. The van der Waals surface area contributed by atoms with Gasteiger partial charge < -0.3 is 10.4 Å². The molecule has 0 spiro atoms. The van der Waals surface area contributed by atoms with Gasteiger partial charge in [-0.3, -0.25) is 4.79 Å². The number of thioether (sulfide) groups is 1. The van der Waals surface area contributed by atoms with E-state index in [1.54, 1.807) is 11.8 Å². The second-order valence-electron chi connectivity index (χ2n) is 4.38. The normalized spacial score (nSPS) is 11.8. The summed E-state index contributed by atoms with van der Waals surface area (Å²) in [7, 11) is 0. The first-order valence-electron chi connectivity index (χ1n) is 6.37. The highest BCUT2D eigenvalue weighted by Crippen LogP contribution is 2.26. The summed E-state index contributed by atoms with van der Waals surface area (Å²) in [5.41, 5.74) is 1.79. The topological polar surface area (TPSA) is 49.3 Å². The summed E-state index contributed by atoms with van der Waals surface area (Å²) in [4.78, 5) is 12.5. The van der Waals surface area contributed by atoms with Crippen molar-refractivity contribution >= 4 is 23.4 Å². The quantitative estimate of drug-likeness (QED) is 0.796. The fourth-order valence-corrected chi connectivity index (χ4v) is 2.61. The summed E-state index contributed by atoms with van der Waals surface area (Å²) in [6.07, 6.45) is 2.01. The SMILES string of the molecule is CSc1ccccc1NCC(C(=O)O)c1ccccc1. The van der Waals surface area contributed by atoms with Gasteiger partial charge in [-0.2, -0.15) is 0 Å². The van der Waals surface area contributed by atoms with Crippen LogP contribution >= 0.6 is 11.8 Å². The van der Waals surface area contributed by atoms with Crippen molar-refractivity contribution in [2.24, 2.45) is 0 Å². The Labute approximate surface area is 123 Å². The number of hydrogen-bond acceptors (Lipinski definition) is 3. The maximum Gasteiger partial charge on any atom is 0.312 e. The first-order valence-corrected chi connectivity index (χ1v) is 7.59. The van der Waals surface area contributed by atoms with Crippen LogP contribution in [0.4, 0.5) is 5.69 Å². The van der Waals surface area contributed by atoms with Crippen molar-refractivity contribution < 1.29 is 9.90 Å². The van der Waals surface area contributed by atoms with Crippen LogP contribution in [0.15, 0.2) is 59.5 Å². The van der Waals surface area contributed by atoms with Gasteiger partial charge in [-0.1, -0.05) is 42.5 Å². The molecule has 0 aliphatic heterocycles. The van der Waals surface area contributed by atoms with Gasteiger partial charge in [-0.15, -0.1) is 11.8 Å². The average molecular weight is 287 g/mol. The van der Waals surface area contributed by atoms with Gasteiger partial charge in [0.2, 0.25) is 0 Å². The summed E-state index contributed by atoms with van der Waals surface area (Å²) in [5, 5.41) is 12.6. The average Bonchev–Trinajstić information content (AvgIpc) is 2.48. The van der Waals surface area contributed by atoms with E-state index in [1.807, 2.05) is 60.9 Å². The molecule has 4 heteroatoms. The molecule has 3 nitrogen and oxygen atoms in total. The third-order valence-electron chi connectivity index (χ3n) is 3.10. The zero-order chi connectivity index (χ0) is 14.4. The molecule has 0 bridgehead atoms. The van der Waals surface area contributed by atoms with Crippen LogP contribution < -0.4 is 5.32 Å². The smallest absolute Gasteiger partial charge is 0.312 e. The molecule has 0 heterocycles. The monoisotopic (exact) mass is 287 g/mol. The molecule has 0 saturated carbocycles. The van der Waals surface area contributed by atoms with Crippen LogP contribution in [0.1, 0.15) is 11.5 Å². The number of para-hydroxylation sites is 1. The minimum atomic E-state index is -0.815. The number of carboxylic acids is 1. The molecule has 2 aromatic carbocycles. The highest BCUT2D eigenvalue weighted by atomic mass is 32.2. The van der Waals surface area contributed by atoms with Crippen LogP contribution in [0, 0.1) is 0 Å². The third-order valence-corrected chi connectivity index (χ3v) is 3.90. The van der Waals surface area contributed by atoms with Gasteiger partial charge >= 0.3 is 5.97 Å². The molecule has 1 atom stereocenters. The Hall–Kier alpha value is -1.94. The first kappa shape index (κ1) is 14.5. The lowest BCUT2D eigenvalue weighted by molar-refractivity contribution is -0.138. The van der Waals surface area contributed by atoms with Crippen molar-refractivity contribution in [3.63, 3.8) is 0 Å². The summed E-state index contributed by atoms with van der Waals surface area (Å²) >= 11 is 1.64. The number of anilines is 1. The van der Waals surface area contributed by atoms with E-state index in [-0.39, 0.29) is 0 Å². The van der Waals surface area contributed by atoms with E-state index in [9.17, 15) is 9.90 Å². The fraction of sp³-hybridized carbons (Fsp3) is 0.188. The van der Waals surface area contributed by atoms with Crippen LogP contribution in [0.2, 0.25) is 0 Å². The second-order valence-corrected chi connectivity index (χ2v) is 5.23. The lowest BCUT2D eigenvalue weighted by Crippen LogP contribution is -2.21. The Balaban J connectivity index is 2.12. The van der Waals surface area contributed by atoms with E-state index < -0.39 is 11.9 Å². The number of carbonyl (C=O) groups is 1. The molecule has 0 fully saturated rings. The van der Waals surface area contributed by atoms with Gasteiger partial charge in [-0.25, -0.2) is 0 Å². The van der Waals surface area contributed by atoms with Gasteiger partial charge in [0.25, 0.3) is 0 Å². The lowest BCUT2D eigenvalue weighted by atomic mass is 9.99. The molecule has 104 valence electrons. The Morgan fingerprint density at radius 1 is 1.15 bits per heavy atom. The van der Waals surface area contributed by atoms with E-state index in [2.05, 4.69) is 5.32 Å². The van der Waals surface area contributed by atoms with Crippen molar-refractivity contribution in [2.45, 2.75) is 10.8 Å². The van der Waals surface area contributed by atoms with Crippen LogP contribution in [-0.2, 0) is 4.79 Å². The predicted octanol–water partition coefficient (Wildman–Crippen LogP) is 3.69. The van der Waals surface area contributed by atoms with Crippen LogP contribution in [0.5, 0.6) is 0 Å². The Bertz CT molecular complexity index is 572. The highest BCUT2D eigenvalue weighted by Gasteiger charge is 2.19. The van der Waals surface area contributed by atoms with E-state index in [0.29, 0.717) is 6.54 Å². The molecular weight excluding hydrogens is 270 g/mol. The van der Waals surface area contributed by atoms with E-state index in [4.69, 9.17) is 0 Å². The molecule has 2 rings (SSSR count). The Morgan fingerprint density at radius 2 is 1.80 bits per heavy atom. The molecular formula is C16H17NO2S. The van der Waals surface area contributed by atoms with E-state index >= 15 is 0 Å². The van der Waals surface area contributed by atoms with E-state index in [1.165, 1.54) is 0 Å². The van der Waals surface area contributed by atoms with Gasteiger partial charge in [0.15, 0.2) is 0 Å². The molecule has 2 aromatic rings. The highest BCUT2D eigenvalue weighted by molar-refractivity contribution is 7.98. The number of rotatable bonds is 6. The number of hydrogen-bond donors (Lipinski definition) is 2. The number of aliphatic carboxylic acids is 1. The molecule has 0 saturated heterocycles. The van der Waals surface area contributed by atoms with E-state index in [0.717, 1.165) is 16.1 Å². The molecule has 2 N–H and O–H groups in total. The molecule has 0 aliphatic carbocycles. The molecule has 0 radical (unpaired) electrons. The minimum Gasteiger partial charge on any atom is -0.481 e. The van der Waals surface area contributed by atoms with Crippen LogP contribution in [0.3, 0.4) is 0 Å². The largest absolute Gasteiger partial charge is 0.481 e. The van der Waals surface area contributed by atoms with Crippen LogP contribution in [0.25, 0.3) is 0 Å². The summed E-state index contributed by atoms with van der Waals surface area (Å²) < 4.78 is 0. The summed E-state index contributed by atoms with van der Waals surface area (Å²) in [6, 6.07) is 17.2. The Morgan fingerprint density at radius 3 is 2.45 bits per heavy atom. The van der Waals surface area contributed by atoms with Crippen molar-refractivity contribution in [1.82, 2.24) is 0 Å². The molecule has 0 aliphatic rings. The maximum absolute atomic E-state index is 11.4. The fourth-order valence-electron chi connectivity index (χ4n) is 2.04. The van der Waals surface area contributed by atoms with Crippen molar-refractivity contribution in [2.75, 3.05) is 18.1 Å². The van der Waals surface area contributed by atoms with Crippen molar-refractivity contribution in [3.05, 3.63) is 60.2 Å². The standard InChI is InChI=1S/C16H17NO2S/c1-20-15-10-6-5-9-14(15)17-11-13(16(18)19)12-7-3-2-4-8-12/h2-10,13,17H,11H2,1H3,(H,18,19). The summed E-state index contributed by atoms with van der Waals surface area (Å²) in [6.45, 7) is 0.372. The predicted molar refractivity (Wildman–Crippen MR) is 83.5 cm³/mol.